The first-order valence-electron chi connectivity index (χ1n) is 9.39. The number of hydrogen-bond acceptors (Lipinski definition) is 5. The van der Waals surface area contributed by atoms with Crippen LogP contribution >= 0.6 is 0 Å². The molecule has 6 heteroatoms. The molecular weight excluding hydrogens is 356 g/mol. The summed E-state index contributed by atoms with van der Waals surface area (Å²) >= 11 is 0. The third kappa shape index (κ3) is 5.33. The van der Waals surface area contributed by atoms with E-state index in [1.165, 1.54) is 0 Å². The number of nitrogens with zero attached hydrogens (tertiary/aromatic N) is 1. The summed E-state index contributed by atoms with van der Waals surface area (Å²) in [6, 6.07) is 16.6. The van der Waals surface area contributed by atoms with Crippen molar-refractivity contribution in [1.29, 1.82) is 0 Å². The highest BCUT2D eigenvalue weighted by atomic mass is 16.6. The van der Waals surface area contributed by atoms with E-state index in [1.807, 2.05) is 48.5 Å². The average Bonchev–Trinajstić information content (AvgIpc) is 3.08. The van der Waals surface area contributed by atoms with Gasteiger partial charge in [0.1, 0.15) is 11.1 Å². The molecule has 2 aromatic carbocycles. The molecule has 0 aliphatic carbocycles. The summed E-state index contributed by atoms with van der Waals surface area (Å²) in [4.78, 5) is 16.7. The molecule has 0 radical (unpaired) electrons. The van der Waals surface area contributed by atoms with Crippen LogP contribution in [0.4, 0.5) is 4.79 Å². The number of hydrogen-bond donors (Lipinski definition) is 2. The van der Waals surface area contributed by atoms with Crippen molar-refractivity contribution in [2.24, 2.45) is 0 Å². The minimum absolute atomic E-state index is 0.176. The van der Waals surface area contributed by atoms with Crippen molar-refractivity contribution >= 4 is 17.2 Å². The summed E-state index contributed by atoms with van der Waals surface area (Å²) in [6.07, 6.45) is -0.494. The number of aliphatic hydroxyl groups is 1. The Labute approximate surface area is 164 Å². The summed E-state index contributed by atoms with van der Waals surface area (Å²) in [6.45, 7) is 5.38. The number of amides is 1. The minimum atomic E-state index is -1.09. The van der Waals surface area contributed by atoms with Crippen LogP contribution in [0.1, 0.15) is 44.8 Å². The highest BCUT2D eigenvalue weighted by Gasteiger charge is 2.29. The number of aryl methyl sites for hydroxylation is 1. The number of rotatable bonds is 6. The van der Waals surface area contributed by atoms with E-state index in [1.54, 1.807) is 26.8 Å². The van der Waals surface area contributed by atoms with Crippen molar-refractivity contribution in [3.8, 4) is 0 Å². The fourth-order valence-electron chi connectivity index (χ4n) is 2.92. The monoisotopic (exact) mass is 382 g/mol. The van der Waals surface area contributed by atoms with Gasteiger partial charge in [0.15, 0.2) is 11.7 Å². The second kappa shape index (κ2) is 8.44. The van der Waals surface area contributed by atoms with Gasteiger partial charge < -0.3 is 19.6 Å². The minimum Gasteiger partial charge on any atom is -0.444 e. The molecule has 28 heavy (non-hydrogen) atoms. The Morgan fingerprint density at radius 2 is 1.82 bits per heavy atom. The molecule has 3 aromatic rings. The molecule has 2 atom stereocenters. The molecule has 0 saturated heterocycles. The zero-order valence-corrected chi connectivity index (χ0v) is 16.4. The van der Waals surface area contributed by atoms with E-state index in [0.717, 1.165) is 5.56 Å². The Balaban J connectivity index is 1.78. The van der Waals surface area contributed by atoms with E-state index in [4.69, 9.17) is 9.15 Å². The van der Waals surface area contributed by atoms with E-state index < -0.39 is 23.8 Å². The number of para-hydroxylation sites is 2. The van der Waals surface area contributed by atoms with Gasteiger partial charge >= 0.3 is 6.09 Å². The number of benzene rings is 2. The van der Waals surface area contributed by atoms with Crippen LogP contribution in [-0.2, 0) is 11.2 Å². The van der Waals surface area contributed by atoms with Gasteiger partial charge in [0, 0.05) is 0 Å². The number of oxazole rings is 1. The number of alkyl carbamates (subject to hydrolysis) is 1. The maximum absolute atomic E-state index is 12.3. The first kappa shape index (κ1) is 19.9. The van der Waals surface area contributed by atoms with Crippen LogP contribution < -0.4 is 5.32 Å². The number of aromatic nitrogens is 1. The van der Waals surface area contributed by atoms with Crippen LogP contribution in [0, 0.1) is 0 Å². The molecule has 0 bridgehead atoms. The van der Waals surface area contributed by atoms with Crippen LogP contribution in [0.25, 0.3) is 11.1 Å². The van der Waals surface area contributed by atoms with Gasteiger partial charge in [0.05, 0.1) is 6.04 Å². The quantitative estimate of drug-likeness (QED) is 0.661. The molecule has 6 nitrogen and oxygen atoms in total. The molecule has 0 aliphatic heterocycles. The fraction of sp³-hybridized carbons (Fsp3) is 0.364. The lowest BCUT2D eigenvalue weighted by Crippen LogP contribution is -2.42. The van der Waals surface area contributed by atoms with Gasteiger partial charge in [-0.2, -0.15) is 0 Å². The first-order chi connectivity index (χ1) is 13.3. The topological polar surface area (TPSA) is 84.6 Å². The van der Waals surface area contributed by atoms with Gasteiger partial charge in [-0.15, -0.1) is 0 Å². The van der Waals surface area contributed by atoms with Gasteiger partial charge in [0.25, 0.3) is 0 Å². The predicted octanol–water partition coefficient (Wildman–Crippen LogP) is 4.39. The first-order valence-corrected chi connectivity index (χ1v) is 9.39. The van der Waals surface area contributed by atoms with E-state index >= 15 is 0 Å². The maximum Gasteiger partial charge on any atom is 0.407 e. The van der Waals surface area contributed by atoms with Crippen molar-refractivity contribution in [3.63, 3.8) is 0 Å². The Morgan fingerprint density at radius 1 is 1.14 bits per heavy atom. The molecule has 148 valence electrons. The SMILES string of the molecule is CC(C)(C)OC(=O)NC(CCc1ccccc1)C(O)c1nc2ccccc2o1. The predicted molar refractivity (Wildman–Crippen MR) is 107 cm³/mol. The second-order valence-electron chi connectivity index (χ2n) is 7.74. The lowest BCUT2D eigenvalue weighted by atomic mass is 10.0. The fourth-order valence-corrected chi connectivity index (χ4v) is 2.92. The highest BCUT2D eigenvalue weighted by Crippen LogP contribution is 2.24. The van der Waals surface area contributed by atoms with Crippen LogP contribution in [0.2, 0.25) is 0 Å². The maximum atomic E-state index is 12.3. The van der Waals surface area contributed by atoms with Crippen molar-refractivity contribution in [1.82, 2.24) is 10.3 Å². The van der Waals surface area contributed by atoms with Crippen LogP contribution in [0.15, 0.2) is 59.0 Å². The normalized spacial score (nSPS) is 13.9. The number of nitrogens with one attached hydrogen (secondary N) is 1. The van der Waals surface area contributed by atoms with Crippen molar-refractivity contribution in [2.45, 2.75) is 51.4 Å². The number of carbonyl (C=O) groups excluding carboxylic acids is 1. The zero-order valence-electron chi connectivity index (χ0n) is 16.4. The van der Waals surface area contributed by atoms with Gasteiger partial charge in [-0.1, -0.05) is 42.5 Å². The number of aliphatic hydroxyl groups excluding tert-OH is 1. The van der Waals surface area contributed by atoms with Gasteiger partial charge in [-0.25, -0.2) is 9.78 Å². The van der Waals surface area contributed by atoms with Crippen LogP contribution in [0.5, 0.6) is 0 Å². The van der Waals surface area contributed by atoms with Crippen LogP contribution in [-0.4, -0.2) is 27.8 Å². The Bertz CT molecular complexity index is 882. The van der Waals surface area contributed by atoms with Crippen molar-refractivity contribution < 1.29 is 19.1 Å². The standard InChI is InChI=1S/C22H26N2O4/c1-22(2,3)28-21(26)24-17(14-13-15-9-5-4-6-10-15)19(25)20-23-16-11-7-8-12-18(16)27-20/h4-12,17,19,25H,13-14H2,1-3H3,(H,24,26). The summed E-state index contributed by atoms with van der Waals surface area (Å²) in [5.74, 6) is 0.176. The number of carbonyl (C=O) groups is 1. The van der Waals surface area contributed by atoms with E-state index in [0.29, 0.717) is 23.9 Å². The molecule has 0 fully saturated rings. The third-order valence-electron chi connectivity index (χ3n) is 4.23. The molecule has 2 N–H and O–H groups in total. The van der Waals surface area contributed by atoms with E-state index in [-0.39, 0.29) is 5.89 Å². The lowest BCUT2D eigenvalue weighted by Gasteiger charge is -2.25. The van der Waals surface area contributed by atoms with Crippen LogP contribution in [0.3, 0.4) is 0 Å². The molecule has 0 saturated carbocycles. The second-order valence-corrected chi connectivity index (χ2v) is 7.74. The molecule has 2 unspecified atom stereocenters. The van der Waals surface area contributed by atoms with Gasteiger partial charge in [-0.05, 0) is 51.3 Å². The Hall–Kier alpha value is -2.86. The van der Waals surface area contributed by atoms with Crippen molar-refractivity contribution in [3.05, 3.63) is 66.1 Å². The van der Waals surface area contributed by atoms with Crippen molar-refractivity contribution in [2.75, 3.05) is 0 Å². The molecule has 3 rings (SSSR count). The Kier molecular flexibility index (Phi) is 5.99. The van der Waals surface area contributed by atoms with E-state index in [2.05, 4.69) is 10.3 Å². The van der Waals surface area contributed by atoms with E-state index in [9.17, 15) is 9.90 Å². The molecule has 1 amide bonds. The Morgan fingerprint density at radius 3 is 2.50 bits per heavy atom. The average molecular weight is 382 g/mol. The summed E-state index contributed by atoms with van der Waals surface area (Å²) in [5.41, 5.74) is 1.74. The van der Waals surface area contributed by atoms with Gasteiger partial charge in [-0.3, -0.25) is 0 Å². The highest BCUT2D eigenvalue weighted by molar-refractivity contribution is 5.72. The van der Waals surface area contributed by atoms with Gasteiger partial charge in [0.2, 0.25) is 5.89 Å². The molecule has 1 aromatic heterocycles. The largest absolute Gasteiger partial charge is 0.444 e. The molecule has 1 heterocycles. The summed E-state index contributed by atoms with van der Waals surface area (Å²) in [7, 11) is 0. The molecule has 0 spiro atoms. The number of fused-ring (bicyclic) bond motifs is 1. The summed E-state index contributed by atoms with van der Waals surface area (Å²) in [5, 5.41) is 13.7. The third-order valence-corrected chi connectivity index (χ3v) is 4.23. The lowest BCUT2D eigenvalue weighted by molar-refractivity contribution is 0.0382. The smallest absolute Gasteiger partial charge is 0.407 e. The zero-order chi connectivity index (χ0) is 20.1. The summed E-state index contributed by atoms with van der Waals surface area (Å²) < 4.78 is 11.0. The molecular formula is C22H26N2O4. The molecule has 0 aliphatic rings. The number of ether oxygens (including phenoxy) is 1.